The van der Waals surface area contributed by atoms with Gasteiger partial charge in [-0.25, -0.2) is 0 Å². The average molecular weight is 497 g/mol. The summed E-state index contributed by atoms with van der Waals surface area (Å²) in [7, 11) is 1.86. The molecule has 2 heterocycles. The van der Waals surface area contributed by atoms with E-state index in [2.05, 4.69) is 68.5 Å². The van der Waals surface area contributed by atoms with Crippen molar-refractivity contribution in [3.8, 4) is 0 Å². The molecule has 1 aliphatic rings. The first kappa shape index (κ1) is 23.0. The van der Waals surface area contributed by atoms with Crippen LogP contribution in [-0.2, 0) is 6.54 Å². The number of fused-ring (bicyclic) bond motifs is 1. The van der Waals surface area contributed by atoms with Gasteiger partial charge in [0.25, 0.3) is 0 Å². The standard InChI is InChI=1S/C22H35N5.HI/c1-3-26-16-10-19(11-17-26)9-14-25-22(23-2)24-13-6-15-27-18-12-20-7-4-5-8-21(20)27;/h4-5,7-8,12,18-19H,3,6,9-11,13-17H2,1-2H3,(H2,23,24,25);1H. The van der Waals surface area contributed by atoms with Gasteiger partial charge in [0.15, 0.2) is 5.96 Å². The van der Waals surface area contributed by atoms with Crippen LogP contribution in [0.2, 0.25) is 0 Å². The number of nitrogens with one attached hydrogen (secondary N) is 2. The van der Waals surface area contributed by atoms with E-state index in [1.807, 2.05) is 7.05 Å². The zero-order valence-electron chi connectivity index (χ0n) is 17.4. The molecule has 0 saturated carbocycles. The van der Waals surface area contributed by atoms with Gasteiger partial charge in [0, 0.05) is 38.4 Å². The molecule has 0 spiro atoms. The lowest BCUT2D eigenvalue weighted by Crippen LogP contribution is -2.40. The molecule has 1 saturated heterocycles. The lowest BCUT2D eigenvalue weighted by Gasteiger charge is -2.31. The molecule has 1 fully saturated rings. The van der Waals surface area contributed by atoms with Crippen LogP contribution >= 0.6 is 24.0 Å². The highest BCUT2D eigenvalue weighted by Gasteiger charge is 2.17. The SMILES string of the molecule is CCN1CCC(CCNC(=NC)NCCCn2ccc3ccccc32)CC1.I. The summed E-state index contributed by atoms with van der Waals surface area (Å²) in [5, 5.41) is 8.25. The second kappa shape index (κ2) is 12.3. The summed E-state index contributed by atoms with van der Waals surface area (Å²) in [6.07, 6.45) is 7.18. The number of halogens is 1. The molecule has 0 aliphatic carbocycles. The zero-order chi connectivity index (χ0) is 18.9. The van der Waals surface area contributed by atoms with Gasteiger partial charge in [-0.1, -0.05) is 25.1 Å². The number of para-hydroxylation sites is 1. The summed E-state index contributed by atoms with van der Waals surface area (Å²) >= 11 is 0. The highest BCUT2D eigenvalue weighted by atomic mass is 127. The van der Waals surface area contributed by atoms with Crippen molar-refractivity contribution in [2.45, 2.75) is 39.2 Å². The first-order valence-electron chi connectivity index (χ1n) is 10.5. The van der Waals surface area contributed by atoms with E-state index in [0.29, 0.717) is 0 Å². The van der Waals surface area contributed by atoms with Crippen LogP contribution in [0.1, 0.15) is 32.6 Å². The summed E-state index contributed by atoms with van der Waals surface area (Å²) in [5.41, 5.74) is 1.31. The van der Waals surface area contributed by atoms with Crippen LogP contribution in [0.4, 0.5) is 0 Å². The normalized spacial score (nSPS) is 16.1. The zero-order valence-corrected chi connectivity index (χ0v) is 19.7. The highest BCUT2D eigenvalue weighted by Crippen LogP contribution is 2.19. The lowest BCUT2D eigenvalue weighted by molar-refractivity contribution is 0.187. The van der Waals surface area contributed by atoms with Crippen molar-refractivity contribution in [3.63, 3.8) is 0 Å². The van der Waals surface area contributed by atoms with E-state index in [0.717, 1.165) is 37.9 Å². The molecule has 28 heavy (non-hydrogen) atoms. The number of rotatable bonds is 8. The van der Waals surface area contributed by atoms with Crippen LogP contribution in [-0.4, -0.2) is 55.2 Å². The molecule has 0 unspecified atom stereocenters. The van der Waals surface area contributed by atoms with Gasteiger partial charge in [0.2, 0.25) is 0 Å². The molecule has 0 bridgehead atoms. The number of guanidine groups is 1. The Hall–Kier alpha value is -1.28. The van der Waals surface area contributed by atoms with Crippen LogP contribution in [0.3, 0.4) is 0 Å². The Bertz CT molecular complexity index is 719. The number of aromatic nitrogens is 1. The van der Waals surface area contributed by atoms with Crippen molar-refractivity contribution in [2.75, 3.05) is 39.8 Å². The number of aryl methyl sites for hydroxylation is 1. The number of likely N-dealkylation sites (tertiary alicyclic amines) is 1. The van der Waals surface area contributed by atoms with E-state index in [-0.39, 0.29) is 24.0 Å². The maximum absolute atomic E-state index is 4.36. The van der Waals surface area contributed by atoms with E-state index in [1.54, 1.807) is 0 Å². The largest absolute Gasteiger partial charge is 0.356 e. The fraction of sp³-hybridized carbons (Fsp3) is 0.591. The number of hydrogen-bond donors (Lipinski definition) is 2. The van der Waals surface area contributed by atoms with Crippen LogP contribution < -0.4 is 10.6 Å². The van der Waals surface area contributed by atoms with Crippen LogP contribution in [0.5, 0.6) is 0 Å². The fourth-order valence-corrected chi connectivity index (χ4v) is 4.00. The minimum Gasteiger partial charge on any atom is -0.356 e. The molecule has 3 rings (SSSR count). The Morgan fingerprint density at radius 1 is 1.11 bits per heavy atom. The van der Waals surface area contributed by atoms with Gasteiger partial charge in [-0.3, -0.25) is 4.99 Å². The molecule has 0 atom stereocenters. The number of benzene rings is 1. The molecule has 6 heteroatoms. The molecule has 5 nitrogen and oxygen atoms in total. The second-order valence-electron chi connectivity index (χ2n) is 7.51. The number of aliphatic imine (C=N–C) groups is 1. The van der Waals surface area contributed by atoms with Gasteiger partial charge >= 0.3 is 0 Å². The van der Waals surface area contributed by atoms with Gasteiger partial charge in [-0.2, -0.15) is 0 Å². The number of hydrogen-bond acceptors (Lipinski definition) is 2. The molecule has 156 valence electrons. The first-order valence-corrected chi connectivity index (χ1v) is 10.5. The molecular formula is C22H36IN5. The van der Waals surface area contributed by atoms with Gasteiger partial charge < -0.3 is 20.1 Å². The van der Waals surface area contributed by atoms with E-state index in [1.165, 1.54) is 49.8 Å². The molecule has 0 amide bonds. The third-order valence-corrected chi connectivity index (χ3v) is 5.77. The monoisotopic (exact) mass is 497 g/mol. The Labute approximate surface area is 187 Å². The first-order chi connectivity index (χ1) is 13.3. The van der Waals surface area contributed by atoms with Crippen LogP contribution in [0, 0.1) is 5.92 Å². The molecule has 1 aromatic heterocycles. The Morgan fingerprint density at radius 2 is 1.86 bits per heavy atom. The Kier molecular flexibility index (Phi) is 10.1. The highest BCUT2D eigenvalue weighted by molar-refractivity contribution is 14.0. The minimum absolute atomic E-state index is 0. The molecule has 1 aliphatic heterocycles. The Morgan fingerprint density at radius 3 is 2.61 bits per heavy atom. The predicted molar refractivity (Wildman–Crippen MR) is 131 cm³/mol. The third kappa shape index (κ3) is 6.65. The summed E-state index contributed by atoms with van der Waals surface area (Å²) in [6.45, 7) is 8.95. The third-order valence-electron chi connectivity index (χ3n) is 5.77. The van der Waals surface area contributed by atoms with Crippen molar-refractivity contribution in [1.82, 2.24) is 20.1 Å². The number of piperidine rings is 1. The van der Waals surface area contributed by atoms with Crippen molar-refractivity contribution < 1.29 is 0 Å². The van der Waals surface area contributed by atoms with E-state index < -0.39 is 0 Å². The molecule has 1 aromatic carbocycles. The van der Waals surface area contributed by atoms with Gasteiger partial charge in [0.1, 0.15) is 0 Å². The summed E-state index contributed by atoms with van der Waals surface area (Å²) < 4.78 is 2.33. The number of nitrogens with zero attached hydrogens (tertiary/aromatic N) is 3. The lowest BCUT2D eigenvalue weighted by atomic mass is 9.93. The van der Waals surface area contributed by atoms with Crippen molar-refractivity contribution in [2.24, 2.45) is 10.9 Å². The predicted octanol–water partition coefficient (Wildman–Crippen LogP) is 3.94. The summed E-state index contributed by atoms with van der Waals surface area (Å²) in [4.78, 5) is 6.91. The Balaban J connectivity index is 0.00000280. The van der Waals surface area contributed by atoms with Gasteiger partial charge in [-0.05, 0) is 68.8 Å². The van der Waals surface area contributed by atoms with E-state index in [4.69, 9.17) is 0 Å². The fourth-order valence-electron chi connectivity index (χ4n) is 4.00. The topological polar surface area (TPSA) is 44.6 Å². The van der Waals surface area contributed by atoms with Gasteiger partial charge in [-0.15, -0.1) is 24.0 Å². The van der Waals surface area contributed by atoms with E-state index in [9.17, 15) is 0 Å². The van der Waals surface area contributed by atoms with Crippen molar-refractivity contribution in [1.29, 1.82) is 0 Å². The van der Waals surface area contributed by atoms with Crippen molar-refractivity contribution in [3.05, 3.63) is 36.5 Å². The quantitative estimate of drug-likeness (QED) is 0.252. The van der Waals surface area contributed by atoms with Crippen LogP contribution in [0.15, 0.2) is 41.5 Å². The molecular weight excluding hydrogens is 461 g/mol. The molecule has 2 aromatic rings. The summed E-state index contributed by atoms with van der Waals surface area (Å²) in [6, 6.07) is 10.7. The minimum atomic E-state index is 0. The molecule has 2 N–H and O–H groups in total. The maximum Gasteiger partial charge on any atom is 0.190 e. The van der Waals surface area contributed by atoms with Crippen molar-refractivity contribution >= 4 is 40.8 Å². The van der Waals surface area contributed by atoms with E-state index >= 15 is 0 Å². The summed E-state index contributed by atoms with van der Waals surface area (Å²) in [5.74, 6) is 1.79. The van der Waals surface area contributed by atoms with Gasteiger partial charge in [0.05, 0.1) is 0 Å². The van der Waals surface area contributed by atoms with Crippen LogP contribution in [0.25, 0.3) is 10.9 Å². The average Bonchev–Trinajstić information content (AvgIpc) is 3.13. The molecule has 0 radical (unpaired) electrons. The maximum atomic E-state index is 4.36. The smallest absolute Gasteiger partial charge is 0.190 e. The second-order valence-corrected chi connectivity index (χ2v) is 7.51.